The zero-order valence-corrected chi connectivity index (χ0v) is 17.6. The number of fused-ring (bicyclic) bond motifs is 1. The number of nitrogens with one attached hydrogen (secondary N) is 1. The Morgan fingerprint density at radius 3 is 2.73 bits per heavy atom. The summed E-state index contributed by atoms with van der Waals surface area (Å²) >= 11 is 0. The molecule has 8 heteroatoms. The normalized spacial score (nSPS) is 21.6. The zero-order valence-electron chi connectivity index (χ0n) is 17.6. The molecule has 2 aliphatic rings. The highest BCUT2D eigenvalue weighted by molar-refractivity contribution is 5.97. The number of hydrogen-bond acceptors (Lipinski definition) is 5. The van der Waals surface area contributed by atoms with E-state index in [0.717, 1.165) is 38.3 Å². The molecule has 0 amide bonds. The topological polar surface area (TPSA) is 83.8 Å². The number of nitrogens with zero attached hydrogens (tertiary/aromatic N) is 2. The van der Waals surface area contributed by atoms with Crippen LogP contribution in [0.15, 0.2) is 17.1 Å². The van der Waals surface area contributed by atoms with Crippen molar-refractivity contribution < 1.29 is 19.0 Å². The van der Waals surface area contributed by atoms with Crippen LogP contribution in [-0.4, -0.2) is 48.9 Å². The van der Waals surface area contributed by atoms with Gasteiger partial charge in [-0.1, -0.05) is 6.92 Å². The minimum atomic E-state index is -1.31. The van der Waals surface area contributed by atoms with Gasteiger partial charge in [0.15, 0.2) is 11.6 Å². The molecule has 2 fully saturated rings. The summed E-state index contributed by atoms with van der Waals surface area (Å²) < 4.78 is 22.7. The maximum absolute atomic E-state index is 15.3. The van der Waals surface area contributed by atoms with E-state index in [-0.39, 0.29) is 28.8 Å². The highest BCUT2D eigenvalue weighted by Crippen LogP contribution is 2.43. The minimum absolute atomic E-state index is 0.0393. The number of benzene rings is 1. The predicted molar refractivity (Wildman–Crippen MR) is 113 cm³/mol. The summed E-state index contributed by atoms with van der Waals surface area (Å²) in [6, 6.07) is 1.47. The molecule has 1 aliphatic heterocycles. The third kappa shape index (κ3) is 3.53. The Labute approximate surface area is 174 Å². The van der Waals surface area contributed by atoms with Crippen molar-refractivity contribution in [2.45, 2.75) is 44.7 Å². The van der Waals surface area contributed by atoms with Gasteiger partial charge in [0, 0.05) is 31.9 Å². The minimum Gasteiger partial charge on any atom is -0.492 e. The molecule has 4 rings (SSSR count). The summed E-state index contributed by atoms with van der Waals surface area (Å²) in [5.74, 6) is -1.16. The summed E-state index contributed by atoms with van der Waals surface area (Å²) in [5.41, 5.74) is -0.287. The standard InChI is InChI=1S/C22H28FN3O4/c1-12-5-4-8-24-17(12)11-25(2)19-16(23)9-14-18(21(19)30-3)26(13-6-7-13)10-15(20(14)27)22(28)29/h9-10,12-13,17,24H,4-8,11H2,1-3H3,(H,28,29)/t12-,17-/m1/s1. The van der Waals surface area contributed by atoms with Crippen molar-refractivity contribution in [2.24, 2.45) is 5.92 Å². The number of likely N-dealkylation sites (N-methyl/N-ethyl adjacent to an activating group) is 1. The van der Waals surface area contributed by atoms with Gasteiger partial charge in [0.25, 0.3) is 0 Å². The first-order valence-corrected chi connectivity index (χ1v) is 10.5. The Bertz CT molecular complexity index is 1050. The van der Waals surface area contributed by atoms with Crippen molar-refractivity contribution in [2.75, 3.05) is 32.1 Å². The number of ether oxygens (including phenoxy) is 1. The highest BCUT2D eigenvalue weighted by Gasteiger charge is 2.31. The van der Waals surface area contributed by atoms with E-state index in [2.05, 4.69) is 12.2 Å². The Morgan fingerprint density at radius 2 is 2.13 bits per heavy atom. The fourth-order valence-electron chi connectivity index (χ4n) is 4.53. The van der Waals surface area contributed by atoms with E-state index in [4.69, 9.17) is 4.74 Å². The number of aromatic carboxylic acids is 1. The maximum Gasteiger partial charge on any atom is 0.341 e. The average Bonchev–Trinajstić information content (AvgIpc) is 3.54. The molecule has 1 aromatic carbocycles. The SMILES string of the molecule is COc1c(N(C)C[C@H]2NCCC[C@H]2C)c(F)cc2c(=O)c(C(=O)O)cn(C3CC3)c12. The van der Waals surface area contributed by atoms with Crippen LogP contribution in [0.2, 0.25) is 0 Å². The molecule has 1 saturated carbocycles. The van der Waals surface area contributed by atoms with Gasteiger partial charge in [-0.05, 0) is 44.2 Å². The number of carboxylic acids is 1. The first-order valence-electron chi connectivity index (χ1n) is 10.5. The molecular weight excluding hydrogens is 389 g/mol. The molecule has 0 radical (unpaired) electrons. The first kappa shape index (κ1) is 20.7. The van der Waals surface area contributed by atoms with Crippen LogP contribution < -0.4 is 20.4 Å². The van der Waals surface area contributed by atoms with Crippen molar-refractivity contribution in [1.82, 2.24) is 9.88 Å². The van der Waals surface area contributed by atoms with Crippen LogP contribution in [0.25, 0.3) is 10.9 Å². The van der Waals surface area contributed by atoms with Gasteiger partial charge >= 0.3 is 5.97 Å². The lowest BCUT2D eigenvalue weighted by Crippen LogP contribution is -2.47. The van der Waals surface area contributed by atoms with Crippen molar-refractivity contribution in [3.8, 4) is 5.75 Å². The third-order valence-electron chi connectivity index (χ3n) is 6.35. The zero-order chi connectivity index (χ0) is 21.6. The monoisotopic (exact) mass is 417 g/mol. The molecule has 1 aromatic heterocycles. The van der Waals surface area contributed by atoms with Crippen LogP contribution >= 0.6 is 0 Å². The number of piperidine rings is 1. The van der Waals surface area contributed by atoms with Crippen LogP contribution in [0.5, 0.6) is 5.75 Å². The molecule has 1 saturated heterocycles. The Morgan fingerprint density at radius 1 is 1.40 bits per heavy atom. The van der Waals surface area contributed by atoms with Crippen LogP contribution in [0, 0.1) is 11.7 Å². The van der Waals surface area contributed by atoms with Gasteiger partial charge in [-0.2, -0.15) is 0 Å². The lowest BCUT2D eigenvalue weighted by Gasteiger charge is -2.34. The number of halogens is 1. The van der Waals surface area contributed by atoms with Crippen LogP contribution in [0.3, 0.4) is 0 Å². The molecule has 30 heavy (non-hydrogen) atoms. The van der Waals surface area contributed by atoms with Gasteiger partial charge in [0.05, 0.1) is 18.0 Å². The van der Waals surface area contributed by atoms with E-state index < -0.39 is 17.2 Å². The summed E-state index contributed by atoms with van der Waals surface area (Å²) in [4.78, 5) is 26.2. The molecule has 2 heterocycles. The van der Waals surface area contributed by atoms with Gasteiger partial charge in [-0.25, -0.2) is 9.18 Å². The van der Waals surface area contributed by atoms with Crippen molar-refractivity contribution in [1.29, 1.82) is 0 Å². The second-order valence-electron chi connectivity index (χ2n) is 8.51. The highest BCUT2D eigenvalue weighted by atomic mass is 19.1. The van der Waals surface area contributed by atoms with Crippen molar-refractivity contribution >= 4 is 22.6 Å². The summed E-state index contributed by atoms with van der Waals surface area (Å²) in [6.45, 7) is 3.73. The Hall–Kier alpha value is -2.61. The number of rotatable bonds is 6. The summed E-state index contributed by atoms with van der Waals surface area (Å²) in [5, 5.41) is 13.0. The molecule has 2 N–H and O–H groups in total. The Kier molecular flexibility index (Phi) is 5.44. The van der Waals surface area contributed by atoms with Gasteiger partial charge in [-0.15, -0.1) is 0 Å². The maximum atomic E-state index is 15.3. The molecular formula is C22H28FN3O4. The van der Waals surface area contributed by atoms with E-state index in [1.165, 1.54) is 13.3 Å². The van der Waals surface area contributed by atoms with E-state index in [0.29, 0.717) is 23.7 Å². The van der Waals surface area contributed by atoms with Crippen molar-refractivity contribution in [3.05, 3.63) is 33.9 Å². The number of aromatic nitrogens is 1. The molecule has 2 aromatic rings. The van der Waals surface area contributed by atoms with E-state index in [9.17, 15) is 14.7 Å². The molecule has 0 bridgehead atoms. The number of pyridine rings is 1. The second-order valence-corrected chi connectivity index (χ2v) is 8.51. The summed E-state index contributed by atoms with van der Waals surface area (Å²) in [7, 11) is 3.28. The lowest BCUT2D eigenvalue weighted by molar-refractivity contribution is 0.0695. The molecule has 2 atom stereocenters. The van der Waals surface area contributed by atoms with Crippen molar-refractivity contribution in [3.63, 3.8) is 0 Å². The van der Waals surface area contributed by atoms with E-state index in [1.54, 1.807) is 4.57 Å². The van der Waals surface area contributed by atoms with Gasteiger partial charge < -0.3 is 24.6 Å². The third-order valence-corrected chi connectivity index (χ3v) is 6.35. The number of hydrogen-bond donors (Lipinski definition) is 2. The first-order chi connectivity index (χ1) is 14.3. The Balaban J connectivity index is 1.88. The van der Waals surface area contributed by atoms with Crippen LogP contribution in [0.4, 0.5) is 10.1 Å². The average molecular weight is 417 g/mol. The van der Waals surface area contributed by atoms with Gasteiger partial charge in [-0.3, -0.25) is 4.79 Å². The molecule has 1 aliphatic carbocycles. The van der Waals surface area contributed by atoms with E-state index >= 15 is 4.39 Å². The van der Waals surface area contributed by atoms with E-state index in [1.807, 2.05) is 11.9 Å². The number of carboxylic acid groups (broad SMARTS) is 1. The van der Waals surface area contributed by atoms with Crippen LogP contribution in [0.1, 0.15) is 49.0 Å². The van der Waals surface area contributed by atoms with Gasteiger partial charge in [0.2, 0.25) is 5.43 Å². The quantitative estimate of drug-likeness (QED) is 0.752. The lowest BCUT2D eigenvalue weighted by atomic mass is 9.92. The predicted octanol–water partition coefficient (Wildman–Crippen LogP) is 3.01. The smallest absolute Gasteiger partial charge is 0.341 e. The number of methoxy groups -OCH3 is 1. The molecule has 0 unspecified atom stereocenters. The second kappa shape index (κ2) is 7.91. The fraction of sp³-hybridized carbons (Fsp3) is 0.545. The van der Waals surface area contributed by atoms with Crippen LogP contribution in [-0.2, 0) is 0 Å². The molecule has 162 valence electrons. The molecule has 7 nitrogen and oxygen atoms in total. The fourth-order valence-corrected chi connectivity index (χ4v) is 4.53. The van der Waals surface area contributed by atoms with Gasteiger partial charge in [0.1, 0.15) is 11.3 Å². The number of anilines is 1. The summed E-state index contributed by atoms with van der Waals surface area (Å²) in [6.07, 6.45) is 5.40. The number of carbonyl (C=O) groups is 1. The molecule has 0 spiro atoms. The largest absolute Gasteiger partial charge is 0.492 e.